The molecule has 0 aliphatic carbocycles. The fourth-order valence-corrected chi connectivity index (χ4v) is 2.76. The molecule has 1 fully saturated rings. The third-order valence-corrected chi connectivity index (χ3v) is 4.19. The van der Waals surface area contributed by atoms with E-state index >= 15 is 0 Å². The summed E-state index contributed by atoms with van der Waals surface area (Å²) >= 11 is 5.84. The summed E-state index contributed by atoms with van der Waals surface area (Å²) in [5, 5.41) is 3.61. The lowest BCUT2D eigenvalue weighted by molar-refractivity contribution is -0.132. The fraction of sp³-hybridized carbons (Fsp3) is 0.500. The van der Waals surface area contributed by atoms with Gasteiger partial charge in [-0.15, -0.1) is 0 Å². The quantitative estimate of drug-likeness (QED) is 0.850. The fourth-order valence-electron chi connectivity index (χ4n) is 2.63. The maximum atomic E-state index is 12.4. The Morgan fingerprint density at radius 1 is 1.24 bits per heavy atom. The van der Waals surface area contributed by atoms with Crippen molar-refractivity contribution >= 4 is 23.3 Å². The molecular formula is C16H21ClN2O2. The normalized spacial score (nSPS) is 16.0. The molecule has 0 unspecified atom stereocenters. The van der Waals surface area contributed by atoms with Crippen LogP contribution in [0.3, 0.4) is 0 Å². The third kappa shape index (κ3) is 4.29. The number of Topliss-reactive ketones (excluding diaryl/α,β-unsaturated/α-hetero) is 1. The zero-order valence-corrected chi connectivity index (χ0v) is 13.0. The molecule has 0 radical (unpaired) electrons. The van der Waals surface area contributed by atoms with Crippen LogP contribution in [0, 0.1) is 5.92 Å². The Balaban J connectivity index is 1.87. The molecule has 1 aliphatic rings. The second kappa shape index (κ2) is 7.57. The highest BCUT2D eigenvalue weighted by atomic mass is 35.5. The van der Waals surface area contributed by atoms with Gasteiger partial charge in [-0.3, -0.25) is 9.59 Å². The lowest BCUT2D eigenvalue weighted by Crippen LogP contribution is -2.41. The van der Waals surface area contributed by atoms with Crippen molar-refractivity contribution in [1.82, 2.24) is 10.2 Å². The molecule has 1 aromatic carbocycles. The Morgan fingerprint density at radius 3 is 2.43 bits per heavy atom. The van der Waals surface area contributed by atoms with Crippen molar-refractivity contribution in [3.63, 3.8) is 0 Å². The van der Waals surface area contributed by atoms with Crippen LogP contribution in [0.15, 0.2) is 24.3 Å². The van der Waals surface area contributed by atoms with Crippen LogP contribution in [0.2, 0.25) is 5.02 Å². The van der Waals surface area contributed by atoms with E-state index in [0.717, 1.165) is 12.8 Å². The van der Waals surface area contributed by atoms with E-state index in [2.05, 4.69) is 5.32 Å². The number of rotatable bonds is 5. The van der Waals surface area contributed by atoms with Crippen molar-refractivity contribution in [2.75, 3.05) is 26.7 Å². The number of piperidine rings is 1. The number of benzene rings is 1. The molecule has 1 aromatic rings. The molecule has 0 atom stereocenters. The summed E-state index contributed by atoms with van der Waals surface area (Å²) in [5.74, 6) is 0.343. The number of likely N-dealkylation sites (tertiary alicyclic amines) is 1. The zero-order valence-electron chi connectivity index (χ0n) is 12.3. The molecule has 1 aliphatic heterocycles. The van der Waals surface area contributed by atoms with Crippen LogP contribution in [-0.4, -0.2) is 43.3 Å². The lowest BCUT2D eigenvalue weighted by atomic mass is 9.89. The number of hydrogen-bond donors (Lipinski definition) is 1. The number of carbonyl (C=O) groups excluding carboxylic acids is 2. The number of nitrogens with zero attached hydrogens (tertiary/aromatic N) is 1. The Kier molecular flexibility index (Phi) is 5.76. The molecule has 1 saturated heterocycles. The Morgan fingerprint density at radius 2 is 1.86 bits per heavy atom. The van der Waals surface area contributed by atoms with Crippen molar-refractivity contribution < 1.29 is 9.59 Å². The highest BCUT2D eigenvalue weighted by Gasteiger charge is 2.27. The van der Waals surface area contributed by atoms with Crippen LogP contribution in [-0.2, 0) is 4.79 Å². The van der Waals surface area contributed by atoms with E-state index in [1.165, 1.54) is 0 Å². The standard InChI is InChI=1S/C16H21ClN2O2/c1-18-9-6-15(20)19-10-7-13(8-11-19)16(21)12-2-4-14(17)5-3-12/h2-5,13,18H,6-11H2,1H3. The molecule has 0 aromatic heterocycles. The minimum atomic E-state index is 0.0134. The third-order valence-electron chi connectivity index (χ3n) is 3.94. The van der Waals surface area contributed by atoms with Crippen LogP contribution in [0.4, 0.5) is 0 Å². The van der Waals surface area contributed by atoms with Crippen molar-refractivity contribution in [3.8, 4) is 0 Å². The van der Waals surface area contributed by atoms with Gasteiger partial charge in [-0.1, -0.05) is 11.6 Å². The van der Waals surface area contributed by atoms with Gasteiger partial charge in [0.1, 0.15) is 0 Å². The minimum absolute atomic E-state index is 0.0134. The predicted molar refractivity (Wildman–Crippen MR) is 83.6 cm³/mol. The molecule has 21 heavy (non-hydrogen) atoms. The van der Waals surface area contributed by atoms with Gasteiger partial charge in [0, 0.05) is 42.6 Å². The highest BCUT2D eigenvalue weighted by Crippen LogP contribution is 2.23. The maximum absolute atomic E-state index is 12.4. The summed E-state index contributed by atoms with van der Waals surface area (Å²) in [6.07, 6.45) is 2.01. The van der Waals surface area contributed by atoms with Crippen molar-refractivity contribution in [3.05, 3.63) is 34.9 Å². The molecule has 0 spiro atoms. The number of halogens is 1. The molecule has 4 nitrogen and oxygen atoms in total. The molecule has 0 bridgehead atoms. The summed E-state index contributed by atoms with van der Waals surface area (Å²) in [5.41, 5.74) is 0.708. The van der Waals surface area contributed by atoms with E-state index in [1.807, 2.05) is 11.9 Å². The first-order valence-electron chi connectivity index (χ1n) is 7.34. The van der Waals surface area contributed by atoms with Crippen LogP contribution in [0.1, 0.15) is 29.6 Å². The van der Waals surface area contributed by atoms with Crippen LogP contribution in [0.5, 0.6) is 0 Å². The van der Waals surface area contributed by atoms with Crippen molar-refractivity contribution in [2.24, 2.45) is 5.92 Å². The van der Waals surface area contributed by atoms with Crippen molar-refractivity contribution in [2.45, 2.75) is 19.3 Å². The molecule has 1 amide bonds. The van der Waals surface area contributed by atoms with Gasteiger partial charge in [0.25, 0.3) is 0 Å². The van der Waals surface area contributed by atoms with E-state index < -0.39 is 0 Å². The van der Waals surface area contributed by atoms with Gasteiger partial charge in [0.2, 0.25) is 5.91 Å². The minimum Gasteiger partial charge on any atom is -0.343 e. The van der Waals surface area contributed by atoms with Gasteiger partial charge in [0.15, 0.2) is 5.78 Å². The first-order chi connectivity index (χ1) is 10.1. The Hall–Kier alpha value is -1.39. The summed E-state index contributed by atoms with van der Waals surface area (Å²) in [7, 11) is 1.84. The molecular weight excluding hydrogens is 288 g/mol. The smallest absolute Gasteiger partial charge is 0.223 e. The summed E-state index contributed by atoms with van der Waals surface area (Å²) in [6, 6.07) is 7.03. The van der Waals surface area contributed by atoms with E-state index in [0.29, 0.717) is 36.6 Å². The molecule has 2 rings (SSSR count). The molecule has 5 heteroatoms. The van der Waals surface area contributed by atoms with E-state index in [4.69, 9.17) is 11.6 Å². The van der Waals surface area contributed by atoms with Crippen LogP contribution < -0.4 is 5.32 Å². The Labute approximate surface area is 130 Å². The summed E-state index contributed by atoms with van der Waals surface area (Å²) in [4.78, 5) is 26.2. The molecule has 1 heterocycles. The average Bonchev–Trinajstić information content (AvgIpc) is 2.53. The van der Waals surface area contributed by atoms with E-state index in [9.17, 15) is 9.59 Å². The predicted octanol–water partition coefficient (Wildman–Crippen LogP) is 2.37. The van der Waals surface area contributed by atoms with E-state index in [-0.39, 0.29) is 17.6 Å². The van der Waals surface area contributed by atoms with Crippen molar-refractivity contribution in [1.29, 1.82) is 0 Å². The second-order valence-electron chi connectivity index (χ2n) is 5.38. The van der Waals surface area contributed by atoms with E-state index in [1.54, 1.807) is 24.3 Å². The maximum Gasteiger partial charge on any atom is 0.223 e. The topological polar surface area (TPSA) is 49.4 Å². The van der Waals surface area contributed by atoms with Gasteiger partial charge < -0.3 is 10.2 Å². The zero-order chi connectivity index (χ0) is 15.2. The number of ketones is 1. The SMILES string of the molecule is CNCCC(=O)N1CCC(C(=O)c2ccc(Cl)cc2)CC1. The molecule has 114 valence electrons. The second-order valence-corrected chi connectivity index (χ2v) is 5.82. The van der Waals surface area contributed by atoms with Crippen LogP contribution in [0.25, 0.3) is 0 Å². The van der Waals surface area contributed by atoms with Gasteiger partial charge in [-0.25, -0.2) is 0 Å². The first kappa shape index (κ1) is 16.0. The number of nitrogens with one attached hydrogen (secondary N) is 1. The summed E-state index contributed by atoms with van der Waals surface area (Å²) in [6.45, 7) is 2.04. The lowest BCUT2D eigenvalue weighted by Gasteiger charge is -2.31. The Bertz CT molecular complexity index is 494. The highest BCUT2D eigenvalue weighted by molar-refractivity contribution is 6.30. The molecule has 0 saturated carbocycles. The van der Waals surface area contributed by atoms with Crippen LogP contribution >= 0.6 is 11.6 Å². The monoisotopic (exact) mass is 308 g/mol. The number of carbonyl (C=O) groups is 2. The average molecular weight is 309 g/mol. The largest absolute Gasteiger partial charge is 0.343 e. The van der Waals surface area contributed by atoms with Gasteiger partial charge in [-0.05, 0) is 44.2 Å². The van der Waals surface area contributed by atoms with Gasteiger partial charge >= 0.3 is 0 Å². The van der Waals surface area contributed by atoms with Gasteiger partial charge in [0.05, 0.1) is 0 Å². The number of hydrogen-bond acceptors (Lipinski definition) is 3. The summed E-state index contributed by atoms with van der Waals surface area (Å²) < 4.78 is 0. The molecule has 1 N–H and O–H groups in total. The van der Waals surface area contributed by atoms with Gasteiger partial charge in [-0.2, -0.15) is 0 Å². The first-order valence-corrected chi connectivity index (χ1v) is 7.71. The number of amides is 1.